The molecule has 0 saturated heterocycles. The maximum absolute atomic E-state index is 10.2. The predicted molar refractivity (Wildman–Crippen MR) is 54.6 cm³/mol. The Balaban J connectivity index is 3.78. The van der Waals surface area contributed by atoms with Crippen LogP contribution in [0.2, 0.25) is 0 Å². The van der Waals surface area contributed by atoms with E-state index in [1.54, 1.807) is 0 Å². The second-order valence-corrected chi connectivity index (χ2v) is 4.53. The molecule has 0 aliphatic rings. The number of rotatable bonds is 7. The molecule has 0 aromatic carbocycles. The summed E-state index contributed by atoms with van der Waals surface area (Å²) in [4.78, 5) is 10.2. The lowest BCUT2D eigenvalue weighted by Gasteiger charge is -2.26. The third-order valence-electron chi connectivity index (χ3n) is 2.36. The fourth-order valence-corrected chi connectivity index (χ4v) is 1.59. The van der Waals surface area contributed by atoms with Gasteiger partial charge in [-0.3, -0.25) is 0 Å². The molecule has 2 nitrogen and oxygen atoms in total. The van der Waals surface area contributed by atoms with Crippen molar-refractivity contribution in [3.8, 4) is 0 Å². The second-order valence-electron chi connectivity index (χ2n) is 4.53. The summed E-state index contributed by atoms with van der Waals surface area (Å²) in [5.41, 5.74) is 0.165. The van der Waals surface area contributed by atoms with Gasteiger partial charge in [0.05, 0.1) is 6.10 Å². The van der Waals surface area contributed by atoms with Crippen LogP contribution in [0.15, 0.2) is 0 Å². The normalized spacial score (nSPS) is 14.2. The standard InChI is InChI=1S/C11H22O2/c1-4-5-7-11(2,3)9-10(13)6-8-12/h8,10,13H,4-7,9H2,1-3H3. The minimum Gasteiger partial charge on any atom is -0.393 e. The van der Waals surface area contributed by atoms with Gasteiger partial charge in [0.2, 0.25) is 0 Å². The first-order valence-electron chi connectivity index (χ1n) is 5.13. The molecule has 0 heterocycles. The summed E-state index contributed by atoms with van der Waals surface area (Å²) in [6, 6.07) is 0. The van der Waals surface area contributed by atoms with Gasteiger partial charge in [0.15, 0.2) is 0 Å². The van der Waals surface area contributed by atoms with Gasteiger partial charge in [-0.1, -0.05) is 33.6 Å². The maximum atomic E-state index is 10.2. The highest BCUT2D eigenvalue weighted by atomic mass is 16.3. The van der Waals surface area contributed by atoms with Gasteiger partial charge in [-0.05, 0) is 18.3 Å². The molecule has 1 unspecified atom stereocenters. The lowest BCUT2D eigenvalue weighted by atomic mass is 9.81. The van der Waals surface area contributed by atoms with Crippen molar-refractivity contribution >= 4 is 6.29 Å². The van der Waals surface area contributed by atoms with Gasteiger partial charge >= 0.3 is 0 Å². The third-order valence-corrected chi connectivity index (χ3v) is 2.36. The van der Waals surface area contributed by atoms with Crippen LogP contribution in [0.25, 0.3) is 0 Å². The molecular weight excluding hydrogens is 164 g/mol. The van der Waals surface area contributed by atoms with Crippen LogP contribution in [-0.4, -0.2) is 17.5 Å². The molecule has 0 amide bonds. The lowest BCUT2D eigenvalue weighted by Crippen LogP contribution is -2.20. The zero-order valence-electron chi connectivity index (χ0n) is 9.05. The number of hydrogen-bond donors (Lipinski definition) is 1. The van der Waals surface area contributed by atoms with Crippen molar-refractivity contribution in [2.45, 2.75) is 59.0 Å². The molecule has 0 aromatic heterocycles. The number of unbranched alkanes of at least 4 members (excludes halogenated alkanes) is 1. The van der Waals surface area contributed by atoms with Gasteiger partial charge in [-0.25, -0.2) is 0 Å². The molecule has 0 radical (unpaired) electrons. The Labute approximate surface area is 81.3 Å². The number of aliphatic hydroxyl groups excluding tert-OH is 1. The zero-order chi connectivity index (χ0) is 10.3. The van der Waals surface area contributed by atoms with Gasteiger partial charge in [-0.15, -0.1) is 0 Å². The largest absolute Gasteiger partial charge is 0.393 e. The Morgan fingerprint density at radius 1 is 1.46 bits per heavy atom. The van der Waals surface area contributed by atoms with Crippen molar-refractivity contribution in [3.63, 3.8) is 0 Å². The van der Waals surface area contributed by atoms with Gasteiger partial charge in [0, 0.05) is 6.42 Å². The summed E-state index contributed by atoms with van der Waals surface area (Å²) < 4.78 is 0. The third kappa shape index (κ3) is 6.76. The Hall–Kier alpha value is -0.370. The molecule has 1 atom stereocenters. The topological polar surface area (TPSA) is 37.3 Å². The van der Waals surface area contributed by atoms with Crippen LogP contribution in [0.4, 0.5) is 0 Å². The van der Waals surface area contributed by atoms with Gasteiger partial charge in [0.1, 0.15) is 6.29 Å². The second kappa shape index (κ2) is 6.14. The summed E-state index contributed by atoms with van der Waals surface area (Å²) in [6.07, 6.45) is 4.85. The van der Waals surface area contributed by atoms with E-state index >= 15 is 0 Å². The highest BCUT2D eigenvalue weighted by molar-refractivity contribution is 5.49. The van der Waals surface area contributed by atoms with Crippen LogP contribution in [-0.2, 0) is 4.79 Å². The predicted octanol–water partition coefficient (Wildman–Crippen LogP) is 2.54. The zero-order valence-corrected chi connectivity index (χ0v) is 9.05. The SMILES string of the molecule is CCCCC(C)(C)CC(O)CC=O. The van der Waals surface area contributed by atoms with Crippen LogP contribution in [0.3, 0.4) is 0 Å². The number of hydrogen-bond acceptors (Lipinski definition) is 2. The average molecular weight is 186 g/mol. The van der Waals surface area contributed by atoms with Crippen molar-refractivity contribution in [2.24, 2.45) is 5.41 Å². The molecule has 0 aliphatic heterocycles. The van der Waals surface area contributed by atoms with Crippen molar-refractivity contribution in [3.05, 3.63) is 0 Å². The molecule has 2 heteroatoms. The van der Waals surface area contributed by atoms with E-state index in [2.05, 4.69) is 20.8 Å². The van der Waals surface area contributed by atoms with E-state index in [0.29, 0.717) is 0 Å². The van der Waals surface area contributed by atoms with E-state index in [-0.39, 0.29) is 11.8 Å². The molecule has 13 heavy (non-hydrogen) atoms. The molecule has 78 valence electrons. The molecule has 0 spiro atoms. The fraction of sp³-hybridized carbons (Fsp3) is 0.909. The summed E-state index contributed by atoms with van der Waals surface area (Å²) in [5.74, 6) is 0. The highest BCUT2D eigenvalue weighted by Crippen LogP contribution is 2.29. The number of aldehydes is 1. The van der Waals surface area contributed by atoms with E-state index in [4.69, 9.17) is 0 Å². The highest BCUT2D eigenvalue weighted by Gasteiger charge is 2.21. The van der Waals surface area contributed by atoms with Crippen molar-refractivity contribution in [1.29, 1.82) is 0 Å². The fourth-order valence-electron chi connectivity index (χ4n) is 1.59. The summed E-state index contributed by atoms with van der Waals surface area (Å²) >= 11 is 0. The van der Waals surface area contributed by atoms with Crippen LogP contribution < -0.4 is 0 Å². The first-order valence-corrected chi connectivity index (χ1v) is 5.13. The van der Waals surface area contributed by atoms with Crippen LogP contribution in [0.1, 0.15) is 52.9 Å². The van der Waals surface area contributed by atoms with E-state index in [0.717, 1.165) is 19.1 Å². The van der Waals surface area contributed by atoms with Crippen LogP contribution in [0, 0.1) is 5.41 Å². The first-order chi connectivity index (χ1) is 6.02. The lowest BCUT2D eigenvalue weighted by molar-refractivity contribution is -0.109. The minimum absolute atomic E-state index is 0.165. The summed E-state index contributed by atoms with van der Waals surface area (Å²) in [5, 5.41) is 9.45. The van der Waals surface area contributed by atoms with E-state index in [1.807, 2.05) is 0 Å². The smallest absolute Gasteiger partial charge is 0.122 e. The quantitative estimate of drug-likeness (QED) is 0.620. The summed E-state index contributed by atoms with van der Waals surface area (Å²) in [6.45, 7) is 6.46. The minimum atomic E-state index is -0.454. The van der Waals surface area contributed by atoms with Gasteiger partial charge in [0.25, 0.3) is 0 Å². The molecule has 0 rings (SSSR count). The number of aliphatic hydroxyl groups is 1. The van der Waals surface area contributed by atoms with Crippen molar-refractivity contribution in [1.82, 2.24) is 0 Å². The molecule has 0 bridgehead atoms. The average Bonchev–Trinajstić information content (AvgIpc) is 2.00. The Bertz CT molecular complexity index is 141. The number of carbonyl (C=O) groups excluding carboxylic acids is 1. The summed E-state index contributed by atoms with van der Waals surface area (Å²) in [7, 11) is 0. The Morgan fingerprint density at radius 2 is 2.08 bits per heavy atom. The maximum Gasteiger partial charge on any atom is 0.122 e. The van der Waals surface area contributed by atoms with Crippen LogP contribution >= 0.6 is 0 Å². The Kier molecular flexibility index (Phi) is 5.97. The van der Waals surface area contributed by atoms with E-state index in [1.165, 1.54) is 12.8 Å². The molecule has 0 saturated carbocycles. The van der Waals surface area contributed by atoms with Crippen molar-refractivity contribution < 1.29 is 9.90 Å². The number of carbonyl (C=O) groups is 1. The molecule has 0 fully saturated rings. The van der Waals surface area contributed by atoms with Crippen LogP contribution in [0.5, 0.6) is 0 Å². The molecule has 0 aliphatic carbocycles. The molecular formula is C11H22O2. The monoisotopic (exact) mass is 186 g/mol. The van der Waals surface area contributed by atoms with E-state index in [9.17, 15) is 9.90 Å². The molecule has 0 aromatic rings. The van der Waals surface area contributed by atoms with E-state index < -0.39 is 6.10 Å². The molecule has 1 N–H and O–H groups in total. The first kappa shape index (κ1) is 12.6. The Morgan fingerprint density at radius 3 is 2.54 bits per heavy atom. The van der Waals surface area contributed by atoms with Gasteiger partial charge in [-0.2, -0.15) is 0 Å². The van der Waals surface area contributed by atoms with Crippen molar-refractivity contribution in [2.75, 3.05) is 0 Å². The van der Waals surface area contributed by atoms with Gasteiger partial charge < -0.3 is 9.90 Å².